The van der Waals surface area contributed by atoms with Crippen molar-refractivity contribution in [1.29, 1.82) is 0 Å². The Kier molecular flexibility index (Phi) is 6.12. The van der Waals surface area contributed by atoms with Gasteiger partial charge in [-0.3, -0.25) is 19.7 Å². The summed E-state index contributed by atoms with van der Waals surface area (Å²) < 4.78 is 0. The van der Waals surface area contributed by atoms with Crippen molar-refractivity contribution < 1.29 is 19.6 Å². The number of amides is 1. The maximum Gasteiger partial charge on any atom is 0.313 e. The van der Waals surface area contributed by atoms with Crippen LogP contribution in [-0.4, -0.2) is 28.5 Å². The van der Waals surface area contributed by atoms with Crippen molar-refractivity contribution in [2.45, 2.75) is 25.7 Å². The molecule has 0 unspecified atom stereocenters. The van der Waals surface area contributed by atoms with Gasteiger partial charge >= 0.3 is 5.97 Å². The van der Waals surface area contributed by atoms with E-state index < -0.39 is 16.3 Å². The molecule has 0 aliphatic heterocycles. The fourth-order valence-electron chi connectivity index (χ4n) is 2.41. The summed E-state index contributed by atoms with van der Waals surface area (Å²) in [5.74, 6) is -1.19. The van der Waals surface area contributed by atoms with Crippen LogP contribution >= 0.6 is 0 Å². The number of rotatable bonds is 8. The molecule has 0 saturated heterocycles. The number of carboxylic acid groups (broad SMARTS) is 1. The quantitative estimate of drug-likeness (QED) is 0.483. The van der Waals surface area contributed by atoms with Crippen LogP contribution in [0.4, 0.5) is 17.1 Å². The number of nitrogens with zero attached hydrogens (tertiary/aromatic N) is 1. The molecule has 0 bridgehead atoms. The first-order chi connectivity index (χ1) is 12.7. The summed E-state index contributed by atoms with van der Waals surface area (Å²) in [6, 6.07) is 12.8. The lowest BCUT2D eigenvalue weighted by Gasteiger charge is -2.19. The van der Waals surface area contributed by atoms with Crippen molar-refractivity contribution >= 4 is 28.9 Å². The highest BCUT2D eigenvalue weighted by Gasteiger charge is 2.29. The SMILES string of the molecule is CC(C)(C(=O)O)c1ccc(NC(=O)CCNc2ccccc2[N+](=O)[O-])cc1. The average molecular weight is 371 g/mol. The van der Waals surface area contributed by atoms with Gasteiger partial charge in [-0.1, -0.05) is 24.3 Å². The van der Waals surface area contributed by atoms with E-state index >= 15 is 0 Å². The van der Waals surface area contributed by atoms with Crippen LogP contribution in [0.3, 0.4) is 0 Å². The summed E-state index contributed by atoms with van der Waals surface area (Å²) in [6.45, 7) is 3.45. The lowest BCUT2D eigenvalue weighted by molar-refractivity contribution is -0.384. The molecule has 2 aromatic carbocycles. The van der Waals surface area contributed by atoms with Crippen LogP contribution in [0.2, 0.25) is 0 Å². The molecule has 0 fully saturated rings. The molecule has 0 aliphatic rings. The number of carbonyl (C=O) groups is 2. The Bertz CT molecular complexity index is 847. The van der Waals surface area contributed by atoms with Gasteiger partial charge in [-0.2, -0.15) is 0 Å². The van der Waals surface area contributed by atoms with Crippen molar-refractivity contribution in [3.63, 3.8) is 0 Å². The van der Waals surface area contributed by atoms with E-state index in [0.717, 1.165) is 0 Å². The van der Waals surface area contributed by atoms with Crippen LogP contribution in [0.15, 0.2) is 48.5 Å². The topological polar surface area (TPSA) is 122 Å². The van der Waals surface area contributed by atoms with E-state index in [1.165, 1.54) is 6.07 Å². The van der Waals surface area contributed by atoms with E-state index in [1.807, 2.05) is 0 Å². The lowest BCUT2D eigenvalue weighted by atomic mass is 9.85. The van der Waals surface area contributed by atoms with E-state index in [2.05, 4.69) is 10.6 Å². The number of carbonyl (C=O) groups excluding carboxylic acids is 1. The van der Waals surface area contributed by atoms with Crippen molar-refractivity contribution in [3.8, 4) is 0 Å². The van der Waals surface area contributed by atoms with Crippen LogP contribution in [0, 0.1) is 10.1 Å². The van der Waals surface area contributed by atoms with Gasteiger partial charge in [-0.05, 0) is 37.6 Å². The van der Waals surface area contributed by atoms with Gasteiger partial charge in [0.25, 0.3) is 5.69 Å². The van der Waals surface area contributed by atoms with E-state index in [1.54, 1.807) is 56.3 Å². The molecule has 142 valence electrons. The summed E-state index contributed by atoms with van der Waals surface area (Å²) in [5.41, 5.74) is 0.475. The first-order valence-electron chi connectivity index (χ1n) is 8.33. The Balaban J connectivity index is 1.90. The van der Waals surface area contributed by atoms with Gasteiger partial charge in [-0.15, -0.1) is 0 Å². The number of aliphatic carboxylic acids is 1. The van der Waals surface area contributed by atoms with Gasteiger partial charge in [0.1, 0.15) is 5.69 Å². The van der Waals surface area contributed by atoms with Gasteiger partial charge in [0.05, 0.1) is 10.3 Å². The van der Waals surface area contributed by atoms with Crippen LogP contribution < -0.4 is 10.6 Å². The minimum atomic E-state index is -1.02. The summed E-state index contributed by atoms with van der Waals surface area (Å²) in [6.07, 6.45) is 0.119. The molecule has 0 aromatic heterocycles. The smallest absolute Gasteiger partial charge is 0.313 e. The zero-order valence-corrected chi connectivity index (χ0v) is 15.1. The standard InChI is InChI=1S/C19H21N3O5/c1-19(2,18(24)25)13-7-9-14(10-8-13)21-17(23)11-12-20-15-5-3-4-6-16(15)22(26)27/h3-10,20H,11-12H2,1-2H3,(H,21,23)(H,24,25). The summed E-state index contributed by atoms with van der Waals surface area (Å²) in [5, 5.41) is 25.8. The van der Waals surface area contributed by atoms with Crippen molar-refractivity contribution in [1.82, 2.24) is 0 Å². The molecule has 1 amide bonds. The molecule has 0 saturated carbocycles. The highest BCUT2D eigenvalue weighted by molar-refractivity contribution is 5.91. The highest BCUT2D eigenvalue weighted by atomic mass is 16.6. The van der Waals surface area contributed by atoms with Crippen LogP contribution in [-0.2, 0) is 15.0 Å². The van der Waals surface area contributed by atoms with Crippen molar-refractivity contribution in [2.24, 2.45) is 0 Å². The van der Waals surface area contributed by atoms with E-state index in [-0.39, 0.29) is 24.6 Å². The summed E-state index contributed by atoms with van der Waals surface area (Å²) in [4.78, 5) is 33.8. The van der Waals surface area contributed by atoms with Gasteiger partial charge in [0.15, 0.2) is 0 Å². The second-order valence-corrected chi connectivity index (χ2v) is 6.51. The number of nitro benzene ring substituents is 1. The minimum absolute atomic E-state index is 0.0467. The zero-order valence-electron chi connectivity index (χ0n) is 15.1. The minimum Gasteiger partial charge on any atom is -0.481 e. The number of benzene rings is 2. The molecule has 2 rings (SSSR count). The number of anilines is 2. The van der Waals surface area contributed by atoms with E-state index in [9.17, 15) is 24.8 Å². The highest BCUT2D eigenvalue weighted by Crippen LogP contribution is 2.25. The number of nitrogens with one attached hydrogen (secondary N) is 2. The molecule has 0 heterocycles. The third-order valence-corrected chi connectivity index (χ3v) is 4.19. The molecule has 0 aliphatic carbocycles. The molecule has 0 atom stereocenters. The largest absolute Gasteiger partial charge is 0.481 e. The van der Waals surface area contributed by atoms with Crippen molar-refractivity contribution in [2.75, 3.05) is 17.2 Å². The van der Waals surface area contributed by atoms with Gasteiger partial charge in [0, 0.05) is 24.7 Å². The number of hydrogen-bond donors (Lipinski definition) is 3. The molecule has 27 heavy (non-hydrogen) atoms. The Morgan fingerprint density at radius 2 is 1.74 bits per heavy atom. The number of carboxylic acids is 1. The molecular weight excluding hydrogens is 350 g/mol. The second kappa shape index (κ2) is 8.31. The van der Waals surface area contributed by atoms with Crippen LogP contribution in [0.5, 0.6) is 0 Å². The normalized spacial score (nSPS) is 10.9. The Labute approximate surface area is 156 Å². The predicted octanol–water partition coefficient (Wildman–Crippen LogP) is 3.40. The predicted molar refractivity (Wildman–Crippen MR) is 102 cm³/mol. The van der Waals surface area contributed by atoms with Crippen molar-refractivity contribution in [3.05, 3.63) is 64.2 Å². The molecular formula is C19H21N3O5. The fraction of sp³-hybridized carbons (Fsp3) is 0.263. The van der Waals surface area contributed by atoms with Gasteiger partial charge < -0.3 is 15.7 Å². The van der Waals surface area contributed by atoms with Gasteiger partial charge in [0.2, 0.25) is 5.91 Å². The monoisotopic (exact) mass is 371 g/mol. The van der Waals surface area contributed by atoms with E-state index in [4.69, 9.17) is 0 Å². The van der Waals surface area contributed by atoms with E-state index in [0.29, 0.717) is 16.9 Å². The Morgan fingerprint density at radius 1 is 1.11 bits per heavy atom. The molecule has 8 nitrogen and oxygen atoms in total. The molecule has 3 N–H and O–H groups in total. The maximum absolute atomic E-state index is 12.0. The molecule has 0 spiro atoms. The van der Waals surface area contributed by atoms with Crippen LogP contribution in [0.1, 0.15) is 25.8 Å². The number of nitro groups is 1. The summed E-state index contributed by atoms with van der Waals surface area (Å²) >= 11 is 0. The first kappa shape index (κ1) is 19.9. The Hall–Kier alpha value is -3.42. The zero-order chi connectivity index (χ0) is 20.0. The number of hydrogen-bond acceptors (Lipinski definition) is 5. The lowest BCUT2D eigenvalue weighted by Crippen LogP contribution is -2.28. The molecule has 0 radical (unpaired) electrons. The van der Waals surface area contributed by atoms with Crippen LogP contribution in [0.25, 0.3) is 0 Å². The third-order valence-electron chi connectivity index (χ3n) is 4.19. The summed E-state index contributed by atoms with van der Waals surface area (Å²) in [7, 11) is 0. The fourth-order valence-corrected chi connectivity index (χ4v) is 2.41. The third kappa shape index (κ3) is 5.04. The molecule has 2 aromatic rings. The maximum atomic E-state index is 12.0. The van der Waals surface area contributed by atoms with Gasteiger partial charge in [-0.25, -0.2) is 0 Å². The first-order valence-corrected chi connectivity index (χ1v) is 8.33. The average Bonchev–Trinajstić information content (AvgIpc) is 2.62. The second-order valence-electron chi connectivity index (χ2n) is 6.51. The Morgan fingerprint density at radius 3 is 2.33 bits per heavy atom. The molecule has 8 heteroatoms. The number of para-hydroxylation sites is 2.